The molecule has 108 valence electrons. The topological polar surface area (TPSA) is 64.3 Å². The predicted molar refractivity (Wildman–Crippen MR) is 75.4 cm³/mol. The lowest BCUT2D eigenvalue weighted by atomic mass is 9.97. The fraction of sp³-hybridized carbons (Fsp3) is 0.929. The van der Waals surface area contributed by atoms with Crippen LogP contribution in [0.25, 0.3) is 0 Å². The Morgan fingerprint density at radius 2 is 2.06 bits per heavy atom. The van der Waals surface area contributed by atoms with E-state index in [1.165, 1.54) is 6.42 Å². The Bertz CT molecular complexity index is 232. The lowest BCUT2D eigenvalue weighted by molar-refractivity contribution is -0.124. The van der Waals surface area contributed by atoms with Gasteiger partial charge in [0.2, 0.25) is 5.91 Å². The van der Waals surface area contributed by atoms with Gasteiger partial charge in [-0.25, -0.2) is 0 Å². The van der Waals surface area contributed by atoms with Gasteiger partial charge in [-0.05, 0) is 45.1 Å². The molecule has 1 unspecified atom stereocenters. The van der Waals surface area contributed by atoms with Crippen molar-refractivity contribution in [2.45, 2.75) is 58.9 Å². The molecule has 0 saturated heterocycles. The second-order valence-electron chi connectivity index (χ2n) is 5.52. The second-order valence-corrected chi connectivity index (χ2v) is 5.52. The van der Waals surface area contributed by atoms with Crippen LogP contribution < -0.4 is 11.1 Å². The minimum absolute atomic E-state index is 0.304. The molecule has 4 nitrogen and oxygen atoms in total. The number of nitrogens with one attached hydrogen (secondary N) is 1. The maximum absolute atomic E-state index is 11.4. The molecule has 0 aliphatic carbocycles. The van der Waals surface area contributed by atoms with Crippen molar-refractivity contribution in [3.05, 3.63) is 0 Å². The molecule has 0 bridgehead atoms. The second kappa shape index (κ2) is 9.34. The molecule has 0 aromatic heterocycles. The monoisotopic (exact) mass is 258 g/mol. The SMILES string of the molecule is CCCNC(C)(CCOCCCC(C)C)C(N)=O. The highest BCUT2D eigenvalue weighted by Crippen LogP contribution is 2.10. The Balaban J connectivity index is 3.80. The molecule has 4 heteroatoms. The van der Waals surface area contributed by atoms with Crippen LogP contribution in [0.15, 0.2) is 0 Å². The smallest absolute Gasteiger partial charge is 0.237 e. The molecule has 0 fully saturated rings. The van der Waals surface area contributed by atoms with Crippen molar-refractivity contribution in [2.24, 2.45) is 11.7 Å². The standard InChI is InChI=1S/C14H30N2O2/c1-5-9-16-14(4,13(15)17)8-11-18-10-6-7-12(2)3/h12,16H,5-11H2,1-4H3,(H2,15,17). The molecule has 0 saturated carbocycles. The Labute approximate surface area is 112 Å². The predicted octanol–water partition coefficient (Wildman–Crippen LogP) is 2.07. The first kappa shape index (κ1) is 17.4. The highest BCUT2D eigenvalue weighted by atomic mass is 16.5. The first-order valence-electron chi connectivity index (χ1n) is 7.05. The van der Waals surface area contributed by atoms with Crippen LogP contribution in [0.4, 0.5) is 0 Å². The number of carbonyl (C=O) groups excluding carboxylic acids is 1. The van der Waals surface area contributed by atoms with Gasteiger partial charge in [-0.15, -0.1) is 0 Å². The van der Waals surface area contributed by atoms with E-state index in [4.69, 9.17) is 10.5 Å². The van der Waals surface area contributed by atoms with Gasteiger partial charge in [0, 0.05) is 13.2 Å². The molecule has 0 heterocycles. The number of rotatable bonds is 11. The Kier molecular flexibility index (Phi) is 9.02. The molecule has 0 aromatic carbocycles. The van der Waals surface area contributed by atoms with Crippen LogP contribution >= 0.6 is 0 Å². The summed E-state index contributed by atoms with van der Waals surface area (Å²) < 4.78 is 5.56. The van der Waals surface area contributed by atoms with E-state index in [9.17, 15) is 4.79 Å². The molecule has 18 heavy (non-hydrogen) atoms. The summed E-state index contributed by atoms with van der Waals surface area (Å²) in [5, 5.41) is 3.20. The average Bonchev–Trinajstić information content (AvgIpc) is 2.30. The van der Waals surface area contributed by atoms with E-state index in [0.29, 0.717) is 13.0 Å². The van der Waals surface area contributed by atoms with Crippen molar-refractivity contribution in [1.29, 1.82) is 0 Å². The third kappa shape index (κ3) is 7.67. The molecule has 1 amide bonds. The molecule has 0 rings (SSSR count). The van der Waals surface area contributed by atoms with E-state index in [2.05, 4.69) is 26.1 Å². The minimum atomic E-state index is -0.645. The van der Waals surface area contributed by atoms with Crippen molar-refractivity contribution < 1.29 is 9.53 Å². The molecule has 1 atom stereocenters. The summed E-state index contributed by atoms with van der Waals surface area (Å²) in [5.41, 5.74) is 4.79. The Hall–Kier alpha value is -0.610. The number of nitrogens with two attached hydrogens (primary N) is 1. The third-order valence-corrected chi connectivity index (χ3v) is 3.13. The lowest BCUT2D eigenvalue weighted by Crippen LogP contribution is -2.54. The van der Waals surface area contributed by atoms with Crippen LogP contribution in [0.1, 0.15) is 53.4 Å². The van der Waals surface area contributed by atoms with Crippen molar-refractivity contribution in [3.8, 4) is 0 Å². The van der Waals surface area contributed by atoms with Gasteiger partial charge >= 0.3 is 0 Å². The molecule has 0 spiro atoms. The number of hydrogen-bond acceptors (Lipinski definition) is 3. The summed E-state index contributed by atoms with van der Waals surface area (Å²) in [4.78, 5) is 11.4. The van der Waals surface area contributed by atoms with Crippen LogP contribution in [0.5, 0.6) is 0 Å². The molecular weight excluding hydrogens is 228 g/mol. The molecule has 0 aliphatic rings. The normalized spacial score (nSPS) is 14.7. The fourth-order valence-electron chi connectivity index (χ4n) is 1.67. The third-order valence-electron chi connectivity index (χ3n) is 3.13. The lowest BCUT2D eigenvalue weighted by Gasteiger charge is -2.27. The van der Waals surface area contributed by atoms with Crippen molar-refractivity contribution in [2.75, 3.05) is 19.8 Å². The van der Waals surface area contributed by atoms with Crippen LogP contribution in [0.2, 0.25) is 0 Å². The van der Waals surface area contributed by atoms with Gasteiger partial charge in [0.25, 0.3) is 0 Å². The van der Waals surface area contributed by atoms with Gasteiger partial charge in [0.1, 0.15) is 0 Å². The molecule has 0 aliphatic heterocycles. The zero-order chi connectivity index (χ0) is 14.0. The van der Waals surface area contributed by atoms with Crippen molar-refractivity contribution in [1.82, 2.24) is 5.32 Å². The van der Waals surface area contributed by atoms with Crippen molar-refractivity contribution in [3.63, 3.8) is 0 Å². The molecule has 0 aromatic rings. The Morgan fingerprint density at radius 1 is 1.39 bits per heavy atom. The number of hydrogen-bond donors (Lipinski definition) is 2. The highest BCUT2D eigenvalue weighted by Gasteiger charge is 2.29. The number of ether oxygens (including phenoxy) is 1. The molecule has 0 radical (unpaired) electrons. The van der Waals surface area contributed by atoms with E-state index in [1.54, 1.807) is 0 Å². The number of amides is 1. The zero-order valence-corrected chi connectivity index (χ0v) is 12.4. The minimum Gasteiger partial charge on any atom is -0.381 e. The van der Waals surface area contributed by atoms with Crippen LogP contribution in [-0.2, 0) is 9.53 Å². The maximum Gasteiger partial charge on any atom is 0.237 e. The van der Waals surface area contributed by atoms with Gasteiger partial charge < -0.3 is 15.8 Å². The quantitative estimate of drug-likeness (QED) is 0.558. The van der Waals surface area contributed by atoms with Crippen molar-refractivity contribution >= 4 is 5.91 Å². The summed E-state index contributed by atoms with van der Waals surface area (Å²) in [6.45, 7) is 10.5. The van der Waals surface area contributed by atoms with E-state index in [0.717, 1.165) is 31.9 Å². The number of primary amides is 1. The molecule has 3 N–H and O–H groups in total. The van der Waals surface area contributed by atoms with Crippen LogP contribution in [-0.4, -0.2) is 31.2 Å². The fourth-order valence-corrected chi connectivity index (χ4v) is 1.67. The molecular formula is C14H30N2O2. The summed E-state index contributed by atoms with van der Waals surface area (Å²) in [6, 6.07) is 0. The van der Waals surface area contributed by atoms with Gasteiger partial charge in [0.05, 0.1) is 5.54 Å². The number of carbonyl (C=O) groups is 1. The van der Waals surface area contributed by atoms with Crippen LogP contribution in [0.3, 0.4) is 0 Å². The van der Waals surface area contributed by atoms with E-state index < -0.39 is 5.54 Å². The van der Waals surface area contributed by atoms with E-state index in [1.807, 2.05) is 6.92 Å². The first-order chi connectivity index (χ1) is 8.42. The maximum atomic E-state index is 11.4. The van der Waals surface area contributed by atoms with Gasteiger partial charge in [0.15, 0.2) is 0 Å². The summed E-state index contributed by atoms with van der Waals surface area (Å²) >= 11 is 0. The zero-order valence-electron chi connectivity index (χ0n) is 12.4. The highest BCUT2D eigenvalue weighted by molar-refractivity contribution is 5.84. The van der Waals surface area contributed by atoms with Gasteiger partial charge in [-0.1, -0.05) is 20.8 Å². The summed E-state index contributed by atoms with van der Waals surface area (Å²) in [6.07, 6.45) is 3.87. The van der Waals surface area contributed by atoms with E-state index in [-0.39, 0.29) is 5.91 Å². The Morgan fingerprint density at radius 3 is 2.56 bits per heavy atom. The van der Waals surface area contributed by atoms with Crippen LogP contribution in [0, 0.1) is 5.92 Å². The van der Waals surface area contributed by atoms with Gasteiger partial charge in [-0.3, -0.25) is 4.79 Å². The first-order valence-corrected chi connectivity index (χ1v) is 7.05. The average molecular weight is 258 g/mol. The summed E-state index contributed by atoms with van der Waals surface area (Å²) in [7, 11) is 0. The van der Waals surface area contributed by atoms with E-state index >= 15 is 0 Å². The van der Waals surface area contributed by atoms with Gasteiger partial charge in [-0.2, -0.15) is 0 Å². The largest absolute Gasteiger partial charge is 0.381 e. The summed E-state index contributed by atoms with van der Waals surface area (Å²) in [5.74, 6) is 0.414.